The zero-order chi connectivity index (χ0) is 12.8. The van der Waals surface area contributed by atoms with Crippen molar-refractivity contribution in [3.8, 4) is 0 Å². The molecule has 1 atom stereocenters. The van der Waals surface area contributed by atoms with Crippen LogP contribution in [0.1, 0.15) is 38.4 Å². The van der Waals surface area contributed by atoms with E-state index in [0.717, 1.165) is 36.6 Å². The van der Waals surface area contributed by atoms with Gasteiger partial charge in [0.15, 0.2) is 0 Å². The molecule has 1 aromatic rings. The molecule has 0 radical (unpaired) electrons. The van der Waals surface area contributed by atoms with Crippen LogP contribution in [0.3, 0.4) is 0 Å². The van der Waals surface area contributed by atoms with Gasteiger partial charge in [-0.3, -0.25) is 4.90 Å². The largest absolute Gasteiger partial charge is 0.296 e. The fraction of sp³-hybridized carbons (Fsp3) is 0.846. The van der Waals surface area contributed by atoms with E-state index in [1.807, 2.05) is 4.68 Å². The predicted octanol–water partition coefficient (Wildman–Crippen LogP) is 2.69. The van der Waals surface area contributed by atoms with Gasteiger partial charge in [-0.15, -0.1) is 0 Å². The molecule has 0 amide bonds. The maximum atomic E-state index is 4.40. The second-order valence-electron chi connectivity index (χ2n) is 5.12. The van der Waals surface area contributed by atoms with Crippen LogP contribution in [0.2, 0.25) is 0 Å². The first kappa shape index (κ1) is 14.0. The number of alkyl halides is 1. The van der Waals surface area contributed by atoms with Crippen LogP contribution in [-0.2, 0) is 13.1 Å². The molecule has 1 aromatic heterocycles. The van der Waals surface area contributed by atoms with Gasteiger partial charge >= 0.3 is 0 Å². The summed E-state index contributed by atoms with van der Waals surface area (Å²) in [6, 6.07) is 0. The molecule has 2 heterocycles. The fourth-order valence-corrected chi connectivity index (χ4v) is 3.34. The number of likely N-dealkylation sites (tertiary alicyclic amines) is 1. The average molecular weight is 315 g/mol. The van der Waals surface area contributed by atoms with E-state index in [4.69, 9.17) is 0 Å². The van der Waals surface area contributed by atoms with Crippen LogP contribution in [0.15, 0.2) is 6.33 Å². The molecular weight excluding hydrogens is 292 g/mol. The fourth-order valence-electron chi connectivity index (χ4n) is 2.69. The summed E-state index contributed by atoms with van der Waals surface area (Å²) in [5, 5.41) is 5.42. The number of aromatic nitrogens is 3. The SMILES string of the molecule is CCCn1ncnc1CN1CCCC(CCBr)C1. The van der Waals surface area contributed by atoms with Crippen molar-refractivity contribution in [1.29, 1.82) is 0 Å². The third-order valence-electron chi connectivity index (χ3n) is 3.62. The topological polar surface area (TPSA) is 34.0 Å². The quantitative estimate of drug-likeness (QED) is 0.757. The molecule has 1 aliphatic heterocycles. The van der Waals surface area contributed by atoms with E-state index < -0.39 is 0 Å². The van der Waals surface area contributed by atoms with E-state index >= 15 is 0 Å². The Bertz CT molecular complexity index is 351. The summed E-state index contributed by atoms with van der Waals surface area (Å²) < 4.78 is 2.05. The first-order chi connectivity index (χ1) is 8.83. The molecule has 0 bridgehead atoms. The lowest BCUT2D eigenvalue weighted by Gasteiger charge is -2.32. The maximum Gasteiger partial charge on any atom is 0.141 e. The van der Waals surface area contributed by atoms with E-state index in [0.29, 0.717) is 0 Å². The Morgan fingerprint density at radius 1 is 1.50 bits per heavy atom. The molecule has 1 saturated heterocycles. The predicted molar refractivity (Wildman–Crippen MR) is 76.7 cm³/mol. The normalized spacial score (nSPS) is 21.3. The molecule has 18 heavy (non-hydrogen) atoms. The Morgan fingerprint density at radius 2 is 2.39 bits per heavy atom. The van der Waals surface area contributed by atoms with Gasteiger partial charge in [0, 0.05) is 18.4 Å². The molecule has 1 aliphatic rings. The van der Waals surface area contributed by atoms with E-state index in [9.17, 15) is 0 Å². The van der Waals surface area contributed by atoms with E-state index in [-0.39, 0.29) is 0 Å². The summed E-state index contributed by atoms with van der Waals surface area (Å²) in [7, 11) is 0. The van der Waals surface area contributed by atoms with Gasteiger partial charge in [-0.1, -0.05) is 22.9 Å². The Labute approximate surface area is 118 Å². The van der Waals surface area contributed by atoms with E-state index in [1.54, 1.807) is 6.33 Å². The Morgan fingerprint density at radius 3 is 3.17 bits per heavy atom. The molecule has 0 spiro atoms. The highest BCUT2D eigenvalue weighted by Gasteiger charge is 2.20. The molecule has 1 fully saturated rings. The number of piperidine rings is 1. The highest BCUT2D eigenvalue weighted by Crippen LogP contribution is 2.21. The summed E-state index contributed by atoms with van der Waals surface area (Å²) in [4.78, 5) is 6.94. The first-order valence-corrected chi connectivity index (χ1v) is 8.10. The molecule has 0 saturated carbocycles. The number of nitrogens with zero attached hydrogens (tertiary/aromatic N) is 4. The summed E-state index contributed by atoms with van der Waals surface area (Å²) >= 11 is 3.55. The average Bonchev–Trinajstić information content (AvgIpc) is 2.78. The zero-order valence-electron chi connectivity index (χ0n) is 11.2. The van der Waals surface area contributed by atoms with Crippen LogP contribution < -0.4 is 0 Å². The standard InChI is InChI=1S/C13H23BrN4/c1-2-7-18-13(15-11-16-18)10-17-8-3-4-12(9-17)5-6-14/h11-12H,2-10H2,1H3. The van der Waals surface area contributed by atoms with Crippen LogP contribution in [-0.4, -0.2) is 38.1 Å². The molecule has 0 aliphatic carbocycles. The van der Waals surface area contributed by atoms with Crippen LogP contribution in [0.4, 0.5) is 0 Å². The highest BCUT2D eigenvalue weighted by atomic mass is 79.9. The summed E-state index contributed by atoms with van der Waals surface area (Å²) in [6.45, 7) is 6.54. The van der Waals surface area contributed by atoms with Crippen molar-refractivity contribution in [3.05, 3.63) is 12.2 Å². The Hall–Kier alpha value is -0.420. The zero-order valence-corrected chi connectivity index (χ0v) is 12.8. The van der Waals surface area contributed by atoms with Crippen LogP contribution in [0.5, 0.6) is 0 Å². The van der Waals surface area contributed by atoms with Crippen molar-refractivity contribution in [1.82, 2.24) is 19.7 Å². The van der Waals surface area contributed by atoms with Crippen molar-refractivity contribution >= 4 is 15.9 Å². The number of hydrogen-bond acceptors (Lipinski definition) is 3. The van der Waals surface area contributed by atoms with Gasteiger partial charge in [0.1, 0.15) is 12.2 Å². The molecule has 102 valence electrons. The third-order valence-corrected chi connectivity index (χ3v) is 4.07. The van der Waals surface area contributed by atoms with Gasteiger partial charge in [-0.2, -0.15) is 5.10 Å². The number of hydrogen-bond donors (Lipinski definition) is 0. The molecule has 5 heteroatoms. The summed E-state index contributed by atoms with van der Waals surface area (Å²) in [5.74, 6) is 1.97. The van der Waals surface area contributed by atoms with Crippen LogP contribution >= 0.6 is 15.9 Å². The molecule has 4 nitrogen and oxygen atoms in total. The van der Waals surface area contributed by atoms with Gasteiger partial charge < -0.3 is 0 Å². The lowest BCUT2D eigenvalue weighted by Crippen LogP contribution is -2.35. The number of halogens is 1. The Kier molecular flexibility index (Phi) is 5.63. The maximum absolute atomic E-state index is 4.40. The van der Waals surface area contributed by atoms with Gasteiger partial charge in [0.2, 0.25) is 0 Å². The van der Waals surface area contributed by atoms with Gasteiger partial charge in [0.05, 0.1) is 6.54 Å². The van der Waals surface area contributed by atoms with Gasteiger partial charge in [-0.05, 0) is 38.1 Å². The number of rotatable bonds is 6. The molecule has 0 N–H and O–H groups in total. The van der Waals surface area contributed by atoms with E-state index in [1.165, 1.54) is 32.4 Å². The van der Waals surface area contributed by atoms with Crippen molar-refractivity contribution in [2.24, 2.45) is 5.92 Å². The first-order valence-electron chi connectivity index (χ1n) is 6.98. The highest BCUT2D eigenvalue weighted by molar-refractivity contribution is 9.09. The minimum absolute atomic E-state index is 0.848. The van der Waals surface area contributed by atoms with Crippen molar-refractivity contribution < 1.29 is 0 Å². The summed E-state index contributed by atoms with van der Waals surface area (Å²) in [5.41, 5.74) is 0. The molecule has 1 unspecified atom stereocenters. The molecular formula is C13H23BrN4. The molecule has 2 rings (SSSR count). The van der Waals surface area contributed by atoms with Crippen molar-refractivity contribution in [3.63, 3.8) is 0 Å². The van der Waals surface area contributed by atoms with Gasteiger partial charge in [0.25, 0.3) is 0 Å². The van der Waals surface area contributed by atoms with Crippen LogP contribution in [0, 0.1) is 5.92 Å². The van der Waals surface area contributed by atoms with Crippen molar-refractivity contribution in [2.45, 2.75) is 45.7 Å². The third kappa shape index (κ3) is 3.79. The van der Waals surface area contributed by atoms with Crippen molar-refractivity contribution in [2.75, 3.05) is 18.4 Å². The molecule has 0 aromatic carbocycles. The second kappa shape index (κ2) is 7.24. The van der Waals surface area contributed by atoms with Gasteiger partial charge in [-0.25, -0.2) is 9.67 Å². The smallest absolute Gasteiger partial charge is 0.141 e. The lowest BCUT2D eigenvalue weighted by atomic mass is 9.96. The Balaban J connectivity index is 1.89. The minimum atomic E-state index is 0.848. The van der Waals surface area contributed by atoms with E-state index in [2.05, 4.69) is 37.8 Å². The lowest BCUT2D eigenvalue weighted by molar-refractivity contribution is 0.159. The van der Waals surface area contributed by atoms with Crippen LogP contribution in [0.25, 0.3) is 0 Å². The second-order valence-corrected chi connectivity index (χ2v) is 5.91. The monoisotopic (exact) mass is 314 g/mol. The minimum Gasteiger partial charge on any atom is -0.296 e. The summed E-state index contributed by atoms with van der Waals surface area (Å²) in [6.07, 6.45) is 6.79. The number of aryl methyl sites for hydroxylation is 1.